The molecular formula is C17H26N2O3. The summed E-state index contributed by atoms with van der Waals surface area (Å²) in [6, 6.07) is 8.65. The van der Waals surface area contributed by atoms with Crippen molar-refractivity contribution in [2.45, 2.75) is 57.4 Å². The quantitative estimate of drug-likeness (QED) is 0.800. The van der Waals surface area contributed by atoms with E-state index in [0.717, 1.165) is 12.0 Å². The lowest BCUT2D eigenvalue weighted by molar-refractivity contribution is -0.0690. The highest BCUT2D eigenvalue weighted by Crippen LogP contribution is 2.37. The molecule has 5 nitrogen and oxygen atoms in total. The molecule has 5 heteroatoms. The van der Waals surface area contributed by atoms with E-state index in [2.05, 4.69) is 10.6 Å². The van der Waals surface area contributed by atoms with Crippen molar-refractivity contribution >= 4 is 6.03 Å². The summed E-state index contributed by atoms with van der Waals surface area (Å²) in [5, 5.41) is 15.3. The lowest BCUT2D eigenvalue weighted by Crippen LogP contribution is -2.50. The monoisotopic (exact) mass is 306 g/mol. The number of rotatable bonds is 4. The van der Waals surface area contributed by atoms with Crippen LogP contribution < -0.4 is 10.6 Å². The van der Waals surface area contributed by atoms with Crippen molar-refractivity contribution in [1.82, 2.24) is 10.6 Å². The molecule has 1 aliphatic rings. The summed E-state index contributed by atoms with van der Waals surface area (Å²) in [5.74, 6) is 0. The Morgan fingerprint density at radius 1 is 1.32 bits per heavy atom. The molecule has 22 heavy (non-hydrogen) atoms. The van der Waals surface area contributed by atoms with Crippen molar-refractivity contribution in [2.75, 3.05) is 6.61 Å². The molecule has 0 aromatic heterocycles. The van der Waals surface area contributed by atoms with Gasteiger partial charge in [0.25, 0.3) is 0 Å². The molecule has 2 unspecified atom stereocenters. The molecule has 0 saturated carbocycles. The normalized spacial score (nSPS) is 23.8. The minimum Gasteiger partial charge on any atom is -0.394 e. The molecule has 1 saturated heterocycles. The predicted octanol–water partition coefficient (Wildman–Crippen LogP) is 2.37. The van der Waals surface area contributed by atoms with Crippen LogP contribution in [0.5, 0.6) is 0 Å². The van der Waals surface area contributed by atoms with Crippen LogP contribution in [0.25, 0.3) is 0 Å². The Morgan fingerprint density at radius 2 is 1.95 bits per heavy atom. The first-order chi connectivity index (χ1) is 10.2. The third-order valence-corrected chi connectivity index (χ3v) is 4.07. The number of ether oxygens (including phenoxy) is 1. The van der Waals surface area contributed by atoms with Gasteiger partial charge < -0.3 is 20.5 Å². The number of benzene rings is 1. The van der Waals surface area contributed by atoms with Crippen LogP contribution in [-0.2, 0) is 4.74 Å². The van der Waals surface area contributed by atoms with Gasteiger partial charge in [-0.1, -0.05) is 30.3 Å². The predicted molar refractivity (Wildman–Crippen MR) is 85.6 cm³/mol. The fourth-order valence-corrected chi connectivity index (χ4v) is 3.06. The van der Waals surface area contributed by atoms with Crippen LogP contribution in [0.15, 0.2) is 30.3 Å². The van der Waals surface area contributed by atoms with Gasteiger partial charge in [0.15, 0.2) is 0 Å². The van der Waals surface area contributed by atoms with Gasteiger partial charge in [0.05, 0.1) is 29.9 Å². The van der Waals surface area contributed by atoms with E-state index in [-0.39, 0.29) is 24.3 Å². The van der Waals surface area contributed by atoms with Gasteiger partial charge in [0.2, 0.25) is 0 Å². The number of carbonyl (C=O) groups is 1. The minimum absolute atomic E-state index is 0.0717. The Labute approximate surface area is 132 Å². The maximum Gasteiger partial charge on any atom is 0.315 e. The van der Waals surface area contributed by atoms with Crippen LogP contribution in [0.2, 0.25) is 0 Å². The van der Waals surface area contributed by atoms with Crippen LogP contribution >= 0.6 is 0 Å². The molecule has 1 aromatic carbocycles. The van der Waals surface area contributed by atoms with E-state index in [1.807, 2.05) is 58.0 Å². The third kappa shape index (κ3) is 3.99. The number of nitrogens with one attached hydrogen (secondary N) is 2. The van der Waals surface area contributed by atoms with Gasteiger partial charge in [0, 0.05) is 0 Å². The van der Waals surface area contributed by atoms with Gasteiger partial charge in [-0.2, -0.15) is 0 Å². The smallest absolute Gasteiger partial charge is 0.315 e. The Hall–Kier alpha value is -1.59. The van der Waals surface area contributed by atoms with Crippen LogP contribution in [0.1, 0.15) is 45.7 Å². The number of carbonyl (C=O) groups excluding carboxylic acids is 1. The second kappa shape index (κ2) is 6.26. The topological polar surface area (TPSA) is 70.6 Å². The van der Waals surface area contributed by atoms with E-state index in [0.29, 0.717) is 0 Å². The molecule has 1 aromatic rings. The maximum absolute atomic E-state index is 12.3. The van der Waals surface area contributed by atoms with Crippen molar-refractivity contribution in [3.8, 4) is 0 Å². The first-order valence-electron chi connectivity index (χ1n) is 7.66. The fraction of sp³-hybridized carbons (Fsp3) is 0.588. The number of aliphatic hydroxyl groups is 1. The van der Waals surface area contributed by atoms with Crippen LogP contribution in [-0.4, -0.2) is 35.0 Å². The van der Waals surface area contributed by atoms with Crippen molar-refractivity contribution < 1.29 is 14.6 Å². The van der Waals surface area contributed by atoms with Gasteiger partial charge in [-0.25, -0.2) is 4.79 Å². The summed E-state index contributed by atoms with van der Waals surface area (Å²) >= 11 is 0. The minimum atomic E-state index is -0.417. The van der Waals surface area contributed by atoms with Crippen LogP contribution in [0, 0.1) is 0 Å². The standard InChI is InChI=1S/C17H26N2O3/c1-16(2)10-14(17(3,4)22-16)19-15(21)18-13(11-20)12-8-6-5-7-9-12/h5-9,13-14,20H,10-11H2,1-4H3,(H2,18,19,21). The van der Waals surface area contributed by atoms with Gasteiger partial charge >= 0.3 is 6.03 Å². The first-order valence-corrected chi connectivity index (χ1v) is 7.66. The van der Waals surface area contributed by atoms with Gasteiger partial charge in [-0.3, -0.25) is 0 Å². The molecule has 1 aliphatic heterocycles. The first kappa shape index (κ1) is 16.8. The summed E-state index contributed by atoms with van der Waals surface area (Å²) in [7, 11) is 0. The lowest BCUT2D eigenvalue weighted by atomic mass is 9.94. The van der Waals surface area contributed by atoms with Crippen LogP contribution in [0.3, 0.4) is 0 Å². The highest BCUT2D eigenvalue weighted by Gasteiger charge is 2.46. The summed E-state index contributed by atoms with van der Waals surface area (Å²) in [4.78, 5) is 12.3. The summed E-state index contributed by atoms with van der Waals surface area (Å²) in [6.45, 7) is 7.86. The zero-order chi connectivity index (χ0) is 16.4. The third-order valence-electron chi connectivity index (χ3n) is 4.07. The second-order valence-corrected chi connectivity index (χ2v) is 6.99. The fourth-order valence-electron chi connectivity index (χ4n) is 3.06. The number of hydrogen-bond donors (Lipinski definition) is 3. The number of hydrogen-bond acceptors (Lipinski definition) is 3. The van der Waals surface area contributed by atoms with Crippen LogP contribution in [0.4, 0.5) is 4.79 Å². The van der Waals surface area contributed by atoms with E-state index in [1.165, 1.54) is 0 Å². The summed E-state index contributed by atoms with van der Waals surface area (Å²) in [6.07, 6.45) is 0.753. The molecule has 1 heterocycles. The molecule has 0 spiro atoms. The Kier molecular flexibility index (Phi) is 4.78. The zero-order valence-electron chi connectivity index (χ0n) is 13.7. The highest BCUT2D eigenvalue weighted by molar-refractivity contribution is 5.75. The number of aliphatic hydroxyl groups excluding tert-OH is 1. The SMILES string of the molecule is CC1(C)CC(NC(=O)NC(CO)c2ccccc2)C(C)(C)O1. The average molecular weight is 306 g/mol. The summed E-state index contributed by atoms with van der Waals surface area (Å²) < 4.78 is 5.97. The van der Waals surface area contributed by atoms with Gasteiger partial charge in [0.1, 0.15) is 0 Å². The molecule has 2 amide bonds. The number of amides is 2. The summed E-state index contributed by atoms with van der Waals surface area (Å²) in [5.41, 5.74) is 0.210. The molecule has 0 bridgehead atoms. The van der Waals surface area contributed by atoms with Crippen molar-refractivity contribution in [3.05, 3.63) is 35.9 Å². The van der Waals surface area contributed by atoms with E-state index in [4.69, 9.17) is 4.74 Å². The van der Waals surface area contributed by atoms with E-state index in [1.54, 1.807) is 0 Å². The maximum atomic E-state index is 12.3. The average Bonchev–Trinajstić information content (AvgIpc) is 2.64. The van der Waals surface area contributed by atoms with Crippen molar-refractivity contribution in [3.63, 3.8) is 0 Å². The van der Waals surface area contributed by atoms with E-state index in [9.17, 15) is 9.90 Å². The van der Waals surface area contributed by atoms with Crippen molar-refractivity contribution in [1.29, 1.82) is 0 Å². The van der Waals surface area contributed by atoms with E-state index >= 15 is 0 Å². The largest absolute Gasteiger partial charge is 0.394 e. The Balaban J connectivity index is 1.98. The Bertz CT molecular complexity index is 514. The zero-order valence-corrected chi connectivity index (χ0v) is 13.7. The second-order valence-electron chi connectivity index (χ2n) is 6.99. The molecule has 2 rings (SSSR count). The van der Waals surface area contributed by atoms with E-state index < -0.39 is 11.6 Å². The van der Waals surface area contributed by atoms with Gasteiger partial charge in [-0.15, -0.1) is 0 Å². The molecule has 0 radical (unpaired) electrons. The molecule has 122 valence electrons. The molecule has 1 fully saturated rings. The molecule has 0 aliphatic carbocycles. The Morgan fingerprint density at radius 3 is 2.45 bits per heavy atom. The highest BCUT2D eigenvalue weighted by atomic mass is 16.5. The molecule has 2 atom stereocenters. The van der Waals surface area contributed by atoms with Crippen molar-refractivity contribution in [2.24, 2.45) is 0 Å². The number of urea groups is 1. The molecular weight excluding hydrogens is 280 g/mol. The molecule has 3 N–H and O–H groups in total. The lowest BCUT2D eigenvalue weighted by Gasteiger charge is -2.28. The van der Waals surface area contributed by atoms with Gasteiger partial charge in [-0.05, 0) is 39.7 Å².